The Balaban J connectivity index is 1.94. The van der Waals surface area contributed by atoms with Gasteiger partial charge in [-0.1, -0.05) is 15.9 Å². The van der Waals surface area contributed by atoms with Crippen molar-refractivity contribution in [2.24, 2.45) is 0 Å². The number of amides is 1. The standard InChI is InChI=1S/C21H12BrF5N4O/c22-12-3-6-17(16(24)9-12)30-7-1-2-14-18(20(30)32)31(29-19(14)21(25,26)27)13-4-5-15(23)11(8-13)10-28/h3-6,8-9H,1-2,7H2. The van der Waals surface area contributed by atoms with Crippen LogP contribution in [0.2, 0.25) is 0 Å². The zero-order valence-electron chi connectivity index (χ0n) is 16.1. The monoisotopic (exact) mass is 510 g/mol. The topological polar surface area (TPSA) is 61.9 Å². The third-order valence-electron chi connectivity index (χ3n) is 5.02. The molecule has 1 aromatic heterocycles. The van der Waals surface area contributed by atoms with Gasteiger partial charge in [-0.25, -0.2) is 13.5 Å². The highest BCUT2D eigenvalue weighted by molar-refractivity contribution is 9.10. The van der Waals surface area contributed by atoms with Gasteiger partial charge in [0.25, 0.3) is 5.91 Å². The number of nitrogens with zero attached hydrogens (tertiary/aromatic N) is 4. The quantitative estimate of drug-likeness (QED) is 0.434. The lowest BCUT2D eigenvalue weighted by atomic mass is 10.1. The number of halogens is 6. The Bertz CT molecular complexity index is 1280. The fourth-order valence-electron chi connectivity index (χ4n) is 3.63. The van der Waals surface area contributed by atoms with Crippen LogP contribution in [0, 0.1) is 23.0 Å². The van der Waals surface area contributed by atoms with Gasteiger partial charge in [0.1, 0.15) is 23.4 Å². The summed E-state index contributed by atoms with van der Waals surface area (Å²) < 4.78 is 70.7. The molecule has 0 saturated heterocycles. The normalized spacial score (nSPS) is 14.2. The van der Waals surface area contributed by atoms with Gasteiger partial charge in [0, 0.05) is 16.6 Å². The van der Waals surface area contributed by atoms with E-state index < -0.39 is 40.7 Å². The largest absolute Gasteiger partial charge is 0.435 e. The molecule has 2 heterocycles. The number of anilines is 1. The van der Waals surface area contributed by atoms with Crippen molar-refractivity contribution in [3.05, 3.63) is 75.0 Å². The number of hydrogen-bond donors (Lipinski definition) is 0. The van der Waals surface area contributed by atoms with Crippen LogP contribution in [0.4, 0.5) is 27.6 Å². The van der Waals surface area contributed by atoms with Gasteiger partial charge >= 0.3 is 6.18 Å². The van der Waals surface area contributed by atoms with Gasteiger partial charge in [-0.3, -0.25) is 4.79 Å². The highest BCUT2D eigenvalue weighted by atomic mass is 79.9. The molecule has 0 aliphatic carbocycles. The van der Waals surface area contributed by atoms with Crippen molar-refractivity contribution in [1.29, 1.82) is 5.26 Å². The maximum Gasteiger partial charge on any atom is 0.435 e. The molecular formula is C21H12BrF5N4O. The van der Waals surface area contributed by atoms with Gasteiger partial charge in [-0.05, 0) is 49.2 Å². The first kappa shape index (κ1) is 22.0. The van der Waals surface area contributed by atoms with Gasteiger partial charge in [0.15, 0.2) is 5.69 Å². The number of alkyl halides is 3. The molecule has 4 rings (SSSR count). The predicted molar refractivity (Wildman–Crippen MR) is 107 cm³/mol. The first-order valence-electron chi connectivity index (χ1n) is 9.28. The fourth-order valence-corrected chi connectivity index (χ4v) is 3.96. The molecule has 1 aliphatic heterocycles. The lowest BCUT2D eigenvalue weighted by Crippen LogP contribution is -2.33. The van der Waals surface area contributed by atoms with E-state index in [1.54, 1.807) is 6.07 Å². The van der Waals surface area contributed by atoms with Crippen LogP contribution < -0.4 is 4.90 Å². The van der Waals surface area contributed by atoms with Gasteiger partial charge < -0.3 is 4.90 Å². The summed E-state index contributed by atoms with van der Waals surface area (Å²) in [5.74, 6) is -2.48. The highest BCUT2D eigenvalue weighted by Crippen LogP contribution is 2.37. The van der Waals surface area contributed by atoms with E-state index in [0.29, 0.717) is 4.47 Å². The number of benzene rings is 2. The zero-order chi connectivity index (χ0) is 23.2. The summed E-state index contributed by atoms with van der Waals surface area (Å²) in [6.45, 7) is -0.0176. The Morgan fingerprint density at radius 2 is 1.84 bits per heavy atom. The fraction of sp³-hybridized carbons (Fsp3) is 0.190. The first-order chi connectivity index (χ1) is 15.1. The number of rotatable bonds is 2. The number of nitriles is 1. The summed E-state index contributed by atoms with van der Waals surface area (Å²) in [6.07, 6.45) is -4.85. The number of hydrogen-bond acceptors (Lipinski definition) is 3. The van der Waals surface area contributed by atoms with E-state index in [1.807, 2.05) is 0 Å². The van der Waals surface area contributed by atoms with E-state index in [0.717, 1.165) is 33.8 Å². The zero-order valence-corrected chi connectivity index (χ0v) is 17.6. The molecule has 0 saturated carbocycles. The molecule has 0 N–H and O–H groups in total. The van der Waals surface area contributed by atoms with Crippen LogP contribution in [0.1, 0.15) is 33.7 Å². The Morgan fingerprint density at radius 3 is 2.50 bits per heavy atom. The SMILES string of the molecule is N#Cc1cc(-n2nc(C(F)(F)F)c3c2C(=O)N(c2ccc(Br)cc2F)CCC3)ccc1F. The maximum absolute atomic E-state index is 14.6. The lowest BCUT2D eigenvalue weighted by molar-refractivity contribution is -0.141. The second-order valence-corrected chi connectivity index (χ2v) is 7.93. The summed E-state index contributed by atoms with van der Waals surface area (Å²) in [5, 5.41) is 12.7. The Kier molecular flexibility index (Phi) is 5.50. The average molecular weight is 511 g/mol. The number of aromatic nitrogens is 2. The molecule has 11 heteroatoms. The Labute approximate surface area is 186 Å². The molecule has 0 unspecified atom stereocenters. The summed E-state index contributed by atoms with van der Waals surface area (Å²) in [5.41, 5.74) is -2.60. The van der Waals surface area contributed by atoms with E-state index in [1.165, 1.54) is 12.1 Å². The minimum Gasteiger partial charge on any atom is -0.304 e. The van der Waals surface area contributed by atoms with Crippen LogP contribution in [-0.2, 0) is 12.6 Å². The van der Waals surface area contributed by atoms with Crippen LogP contribution in [0.15, 0.2) is 40.9 Å². The summed E-state index contributed by atoms with van der Waals surface area (Å²) in [4.78, 5) is 14.5. The van der Waals surface area contributed by atoms with E-state index in [9.17, 15) is 26.7 Å². The molecule has 0 radical (unpaired) electrons. The predicted octanol–water partition coefficient (Wildman–Crippen LogP) is 5.40. The molecule has 3 aromatic rings. The molecule has 2 aromatic carbocycles. The van der Waals surface area contributed by atoms with Gasteiger partial charge in [0.2, 0.25) is 0 Å². The van der Waals surface area contributed by atoms with Crippen molar-refractivity contribution < 1.29 is 26.7 Å². The summed E-state index contributed by atoms with van der Waals surface area (Å²) in [6, 6.07) is 8.63. The van der Waals surface area contributed by atoms with Crippen LogP contribution in [-0.4, -0.2) is 22.2 Å². The van der Waals surface area contributed by atoms with E-state index in [2.05, 4.69) is 21.0 Å². The Hall–Kier alpha value is -3.26. The van der Waals surface area contributed by atoms with E-state index in [4.69, 9.17) is 5.26 Å². The molecule has 0 bridgehead atoms. The van der Waals surface area contributed by atoms with Crippen LogP contribution >= 0.6 is 15.9 Å². The Morgan fingerprint density at radius 1 is 1.09 bits per heavy atom. The molecule has 1 aliphatic rings. The highest BCUT2D eigenvalue weighted by Gasteiger charge is 2.42. The van der Waals surface area contributed by atoms with Gasteiger partial charge in [-0.15, -0.1) is 0 Å². The van der Waals surface area contributed by atoms with Crippen molar-refractivity contribution in [3.8, 4) is 11.8 Å². The minimum absolute atomic E-state index is 0.0176. The van der Waals surface area contributed by atoms with Crippen molar-refractivity contribution in [2.45, 2.75) is 19.0 Å². The molecule has 0 fully saturated rings. The molecule has 0 atom stereocenters. The van der Waals surface area contributed by atoms with Gasteiger partial charge in [-0.2, -0.15) is 23.5 Å². The third-order valence-corrected chi connectivity index (χ3v) is 5.52. The van der Waals surface area contributed by atoms with E-state index in [-0.39, 0.29) is 36.3 Å². The molecule has 164 valence electrons. The van der Waals surface area contributed by atoms with E-state index >= 15 is 0 Å². The number of carbonyl (C=O) groups is 1. The van der Waals surface area contributed by atoms with Crippen molar-refractivity contribution in [1.82, 2.24) is 9.78 Å². The summed E-state index contributed by atoms with van der Waals surface area (Å²) in [7, 11) is 0. The van der Waals surface area contributed by atoms with Crippen LogP contribution in [0.3, 0.4) is 0 Å². The molecule has 32 heavy (non-hydrogen) atoms. The number of fused-ring (bicyclic) bond motifs is 1. The molecule has 1 amide bonds. The van der Waals surface area contributed by atoms with Crippen molar-refractivity contribution >= 4 is 27.5 Å². The van der Waals surface area contributed by atoms with Crippen molar-refractivity contribution in [2.75, 3.05) is 11.4 Å². The third kappa shape index (κ3) is 3.75. The van der Waals surface area contributed by atoms with Gasteiger partial charge in [0.05, 0.1) is 16.9 Å². The molecule has 0 spiro atoms. The van der Waals surface area contributed by atoms with Crippen LogP contribution in [0.5, 0.6) is 0 Å². The van der Waals surface area contributed by atoms with Crippen LogP contribution in [0.25, 0.3) is 5.69 Å². The van der Waals surface area contributed by atoms with Crippen molar-refractivity contribution in [3.63, 3.8) is 0 Å². The smallest absolute Gasteiger partial charge is 0.304 e. The minimum atomic E-state index is -4.86. The average Bonchev–Trinajstić information content (AvgIpc) is 3.04. The maximum atomic E-state index is 14.6. The first-order valence-corrected chi connectivity index (χ1v) is 10.1. The second kappa shape index (κ2) is 8.02. The second-order valence-electron chi connectivity index (χ2n) is 7.02. The molecule has 5 nitrogen and oxygen atoms in total. The molecular weight excluding hydrogens is 499 g/mol. The number of carbonyl (C=O) groups excluding carboxylic acids is 1. The summed E-state index contributed by atoms with van der Waals surface area (Å²) >= 11 is 3.12. The lowest BCUT2D eigenvalue weighted by Gasteiger charge is -2.22.